The van der Waals surface area contributed by atoms with Gasteiger partial charge in [-0.2, -0.15) is 0 Å². The van der Waals surface area contributed by atoms with Crippen LogP contribution in [0.4, 0.5) is 0 Å². The van der Waals surface area contributed by atoms with Crippen molar-refractivity contribution in [2.24, 2.45) is 5.73 Å². The molecule has 3 unspecified atom stereocenters. The monoisotopic (exact) mass is 236 g/mol. The van der Waals surface area contributed by atoms with Crippen LogP contribution in [0.2, 0.25) is 0 Å². The van der Waals surface area contributed by atoms with Crippen LogP contribution in [0.15, 0.2) is 18.6 Å². The maximum absolute atomic E-state index is 5.90. The van der Waals surface area contributed by atoms with Crippen LogP contribution in [-0.4, -0.2) is 46.7 Å². The second kappa shape index (κ2) is 5.53. The van der Waals surface area contributed by atoms with Gasteiger partial charge in [0.1, 0.15) is 6.33 Å². The summed E-state index contributed by atoms with van der Waals surface area (Å²) >= 11 is 0. The van der Waals surface area contributed by atoms with E-state index in [2.05, 4.69) is 28.7 Å². The fourth-order valence-corrected chi connectivity index (χ4v) is 2.29. The zero-order valence-corrected chi connectivity index (χ0v) is 10.4. The molecule has 2 heterocycles. The van der Waals surface area contributed by atoms with Crippen molar-refractivity contribution in [1.82, 2.24) is 14.9 Å². The number of ether oxygens (including phenoxy) is 1. The first-order valence-electron chi connectivity index (χ1n) is 6.05. The average Bonchev–Trinajstić information content (AvgIpc) is 2.36. The van der Waals surface area contributed by atoms with Crippen molar-refractivity contribution in [2.45, 2.75) is 32.0 Å². The minimum absolute atomic E-state index is 0.152. The largest absolute Gasteiger partial charge is 0.376 e. The van der Waals surface area contributed by atoms with Crippen molar-refractivity contribution < 1.29 is 4.74 Å². The molecule has 94 valence electrons. The highest BCUT2D eigenvalue weighted by Gasteiger charge is 2.30. The standard InChI is InChI=1S/C12H20N4O/c1-9-7-17-10(2)6-16(9)12(5-13)11-3-4-14-8-15-11/h3-4,8-10,12H,5-7,13H2,1-2H3. The summed E-state index contributed by atoms with van der Waals surface area (Å²) in [5.41, 5.74) is 6.89. The highest BCUT2D eigenvalue weighted by molar-refractivity contribution is 5.07. The first kappa shape index (κ1) is 12.4. The summed E-state index contributed by atoms with van der Waals surface area (Å²) in [4.78, 5) is 10.6. The van der Waals surface area contributed by atoms with Gasteiger partial charge in [0.2, 0.25) is 0 Å². The minimum Gasteiger partial charge on any atom is -0.376 e. The Hall–Kier alpha value is -1.04. The molecule has 1 aliphatic heterocycles. The van der Waals surface area contributed by atoms with Gasteiger partial charge in [0, 0.05) is 25.3 Å². The Morgan fingerprint density at radius 3 is 3.06 bits per heavy atom. The van der Waals surface area contributed by atoms with Crippen LogP contribution in [0.5, 0.6) is 0 Å². The van der Waals surface area contributed by atoms with Crippen LogP contribution >= 0.6 is 0 Å². The van der Waals surface area contributed by atoms with E-state index in [4.69, 9.17) is 10.5 Å². The van der Waals surface area contributed by atoms with Crippen LogP contribution in [0.3, 0.4) is 0 Å². The Morgan fingerprint density at radius 1 is 1.59 bits per heavy atom. The minimum atomic E-state index is 0.152. The van der Waals surface area contributed by atoms with Crippen LogP contribution in [0.25, 0.3) is 0 Å². The summed E-state index contributed by atoms with van der Waals surface area (Å²) in [5.74, 6) is 0. The molecule has 5 heteroatoms. The molecule has 2 rings (SSSR count). The van der Waals surface area contributed by atoms with Crippen LogP contribution < -0.4 is 5.73 Å². The van der Waals surface area contributed by atoms with Crippen molar-refractivity contribution in [3.63, 3.8) is 0 Å². The molecule has 3 atom stereocenters. The molecule has 1 aromatic rings. The molecule has 0 spiro atoms. The third-order valence-corrected chi connectivity index (χ3v) is 3.23. The van der Waals surface area contributed by atoms with Gasteiger partial charge >= 0.3 is 0 Å². The second-order valence-corrected chi connectivity index (χ2v) is 4.58. The average molecular weight is 236 g/mol. The van der Waals surface area contributed by atoms with E-state index >= 15 is 0 Å². The summed E-state index contributed by atoms with van der Waals surface area (Å²) in [6.07, 6.45) is 3.59. The van der Waals surface area contributed by atoms with Crippen molar-refractivity contribution in [3.05, 3.63) is 24.3 Å². The first-order valence-corrected chi connectivity index (χ1v) is 6.05. The summed E-state index contributed by atoms with van der Waals surface area (Å²) in [7, 11) is 0. The Morgan fingerprint density at radius 2 is 2.41 bits per heavy atom. The highest BCUT2D eigenvalue weighted by Crippen LogP contribution is 2.23. The number of nitrogens with two attached hydrogens (primary N) is 1. The topological polar surface area (TPSA) is 64.3 Å². The van der Waals surface area contributed by atoms with Crippen molar-refractivity contribution in [1.29, 1.82) is 0 Å². The van der Waals surface area contributed by atoms with Crippen molar-refractivity contribution in [2.75, 3.05) is 19.7 Å². The molecule has 0 bridgehead atoms. The van der Waals surface area contributed by atoms with E-state index in [0.29, 0.717) is 12.6 Å². The third-order valence-electron chi connectivity index (χ3n) is 3.23. The van der Waals surface area contributed by atoms with Gasteiger partial charge < -0.3 is 10.5 Å². The van der Waals surface area contributed by atoms with Crippen LogP contribution in [0, 0.1) is 0 Å². The van der Waals surface area contributed by atoms with Gasteiger partial charge in [-0.15, -0.1) is 0 Å². The summed E-state index contributed by atoms with van der Waals surface area (Å²) < 4.78 is 5.64. The van der Waals surface area contributed by atoms with E-state index in [1.54, 1.807) is 12.5 Å². The van der Waals surface area contributed by atoms with E-state index in [1.807, 2.05) is 6.07 Å². The number of hydrogen-bond donors (Lipinski definition) is 1. The molecule has 1 aliphatic rings. The number of rotatable bonds is 3. The lowest BCUT2D eigenvalue weighted by Crippen LogP contribution is -2.50. The molecule has 17 heavy (non-hydrogen) atoms. The quantitative estimate of drug-likeness (QED) is 0.832. The zero-order chi connectivity index (χ0) is 12.3. The molecule has 1 fully saturated rings. The van der Waals surface area contributed by atoms with Gasteiger partial charge in [-0.1, -0.05) is 0 Å². The van der Waals surface area contributed by atoms with Gasteiger partial charge in [-0.3, -0.25) is 4.90 Å². The SMILES string of the molecule is CC1CN(C(CN)c2ccncn2)C(C)CO1. The highest BCUT2D eigenvalue weighted by atomic mass is 16.5. The Bertz CT molecular complexity index is 346. The molecule has 1 aromatic heterocycles. The Labute approximate surface area is 102 Å². The molecular formula is C12H20N4O. The van der Waals surface area contributed by atoms with Gasteiger partial charge in [0.25, 0.3) is 0 Å². The molecule has 2 N–H and O–H groups in total. The number of hydrogen-bond acceptors (Lipinski definition) is 5. The Balaban J connectivity index is 2.17. The molecule has 0 radical (unpaired) electrons. The maximum atomic E-state index is 5.90. The summed E-state index contributed by atoms with van der Waals surface area (Å²) in [5, 5.41) is 0. The molecular weight excluding hydrogens is 216 g/mol. The van der Waals surface area contributed by atoms with E-state index in [9.17, 15) is 0 Å². The van der Waals surface area contributed by atoms with E-state index in [1.165, 1.54) is 0 Å². The molecule has 0 saturated carbocycles. The number of morpholine rings is 1. The zero-order valence-electron chi connectivity index (χ0n) is 10.4. The maximum Gasteiger partial charge on any atom is 0.115 e. The first-order chi connectivity index (χ1) is 8.22. The second-order valence-electron chi connectivity index (χ2n) is 4.58. The van der Waals surface area contributed by atoms with Crippen molar-refractivity contribution in [3.8, 4) is 0 Å². The lowest BCUT2D eigenvalue weighted by atomic mass is 10.1. The van der Waals surface area contributed by atoms with E-state index in [-0.39, 0.29) is 12.1 Å². The predicted molar refractivity (Wildman–Crippen MR) is 65.4 cm³/mol. The van der Waals surface area contributed by atoms with Crippen LogP contribution in [0.1, 0.15) is 25.6 Å². The Kier molecular flexibility index (Phi) is 4.04. The molecule has 1 saturated heterocycles. The third kappa shape index (κ3) is 2.80. The lowest BCUT2D eigenvalue weighted by molar-refractivity contribution is -0.0659. The molecule has 0 amide bonds. The fraction of sp³-hybridized carbons (Fsp3) is 0.667. The lowest BCUT2D eigenvalue weighted by Gasteiger charge is -2.41. The molecule has 0 aromatic carbocycles. The number of nitrogens with zero attached hydrogens (tertiary/aromatic N) is 3. The van der Waals surface area contributed by atoms with Gasteiger partial charge in [0.05, 0.1) is 24.4 Å². The summed E-state index contributed by atoms with van der Waals surface area (Å²) in [6, 6.07) is 2.46. The predicted octanol–water partition coefficient (Wildman–Crippen LogP) is 0.586. The van der Waals surface area contributed by atoms with Crippen molar-refractivity contribution >= 4 is 0 Å². The number of aromatic nitrogens is 2. The normalized spacial score (nSPS) is 27.9. The van der Waals surface area contributed by atoms with Crippen LogP contribution in [-0.2, 0) is 4.74 Å². The van der Waals surface area contributed by atoms with E-state index in [0.717, 1.165) is 18.8 Å². The smallest absolute Gasteiger partial charge is 0.115 e. The van der Waals surface area contributed by atoms with Gasteiger partial charge in [0.15, 0.2) is 0 Å². The van der Waals surface area contributed by atoms with Gasteiger partial charge in [-0.25, -0.2) is 9.97 Å². The fourth-order valence-electron chi connectivity index (χ4n) is 2.29. The molecule has 5 nitrogen and oxygen atoms in total. The summed E-state index contributed by atoms with van der Waals surface area (Å²) in [6.45, 7) is 6.46. The van der Waals surface area contributed by atoms with E-state index < -0.39 is 0 Å². The van der Waals surface area contributed by atoms with Gasteiger partial charge in [-0.05, 0) is 19.9 Å². The molecule has 0 aliphatic carbocycles.